The summed E-state index contributed by atoms with van der Waals surface area (Å²) in [5.74, 6) is -0.896. The highest BCUT2D eigenvalue weighted by Gasteiger charge is 2.35. The topological polar surface area (TPSA) is 117 Å². The van der Waals surface area contributed by atoms with E-state index in [2.05, 4.69) is 10.6 Å². The lowest BCUT2D eigenvalue weighted by molar-refractivity contribution is -0.146. The maximum Gasteiger partial charge on any atom is 0.323 e. The van der Waals surface area contributed by atoms with Crippen molar-refractivity contribution in [1.82, 2.24) is 10.6 Å². The van der Waals surface area contributed by atoms with E-state index in [9.17, 15) is 19.5 Å². The fourth-order valence-electron chi connectivity index (χ4n) is 4.31. The van der Waals surface area contributed by atoms with E-state index >= 15 is 0 Å². The van der Waals surface area contributed by atoms with Crippen LogP contribution < -0.4 is 20.3 Å². The third kappa shape index (κ3) is 6.43. The van der Waals surface area contributed by atoms with E-state index in [1.54, 1.807) is 31.2 Å². The van der Waals surface area contributed by atoms with Gasteiger partial charge in [0.1, 0.15) is 31.0 Å². The summed E-state index contributed by atoms with van der Waals surface area (Å²) < 4.78 is 11.0. The summed E-state index contributed by atoms with van der Waals surface area (Å²) in [7, 11) is 0. The summed E-state index contributed by atoms with van der Waals surface area (Å²) in [5, 5.41) is 15.8. The maximum atomic E-state index is 13.2. The van der Waals surface area contributed by atoms with Gasteiger partial charge in [0.25, 0.3) is 0 Å². The van der Waals surface area contributed by atoms with E-state index in [1.165, 1.54) is 4.90 Å². The van der Waals surface area contributed by atoms with Gasteiger partial charge in [-0.05, 0) is 57.3 Å². The lowest BCUT2D eigenvalue weighted by Gasteiger charge is -2.27. The molecule has 2 aliphatic rings. The van der Waals surface area contributed by atoms with Gasteiger partial charge in [-0.2, -0.15) is 0 Å². The van der Waals surface area contributed by atoms with Crippen LogP contribution in [0, 0.1) is 5.92 Å². The monoisotopic (exact) mass is 447 g/mol. The molecule has 2 aliphatic heterocycles. The number of aliphatic carboxylic acids is 1. The molecule has 3 N–H and O–H groups in total. The smallest absolute Gasteiger partial charge is 0.323 e. The third-order valence-electron chi connectivity index (χ3n) is 5.96. The zero-order chi connectivity index (χ0) is 22.9. The number of carboxylic acid groups (broad SMARTS) is 1. The van der Waals surface area contributed by atoms with E-state index in [1.807, 2.05) is 0 Å². The number of para-hydroxylation sites is 2. The van der Waals surface area contributed by atoms with E-state index in [4.69, 9.17) is 9.47 Å². The second-order valence-corrected chi connectivity index (χ2v) is 8.25. The number of nitrogens with one attached hydrogen (secondary N) is 2. The molecule has 2 atom stereocenters. The van der Waals surface area contributed by atoms with E-state index in [-0.39, 0.29) is 13.2 Å². The Kier molecular flexibility index (Phi) is 8.87. The largest absolute Gasteiger partial charge is 0.489 e. The van der Waals surface area contributed by atoms with Crippen molar-refractivity contribution in [3.05, 3.63) is 24.3 Å². The summed E-state index contributed by atoms with van der Waals surface area (Å²) in [5.41, 5.74) is 0.405. The lowest BCUT2D eigenvalue weighted by Crippen LogP contribution is -2.54. The molecule has 0 aromatic heterocycles. The first kappa shape index (κ1) is 24.0. The molecule has 1 unspecified atom stereocenters. The number of hydrogen-bond acceptors (Lipinski definition) is 7. The van der Waals surface area contributed by atoms with Crippen LogP contribution in [0.25, 0.3) is 0 Å². The third-order valence-corrected chi connectivity index (χ3v) is 5.96. The van der Waals surface area contributed by atoms with Gasteiger partial charge in [-0.3, -0.25) is 24.6 Å². The van der Waals surface area contributed by atoms with Gasteiger partial charge < -0.3 is 19.9 Å². The van der Waals surface area contributed by atoms with Crippen molar-refractivity contribution in [1.29, 1.82) is 0 Å². The van der Waals surface area contributed by atoms with Crippen molar-refractivity contribution in [2.75, 3.05) is 37.7 Å². The number of carbonyl (C=O) groups is 3. The number of carbonyl (C=O) groups excluding carboxylic acids is 2. The van der Waals surface area contributed by atoms with Crippen molar-refractivity contribution in [3.8, 4) is 5.75 Å². The molecule has 1 fully saturated rings. The molecule has 0 bridgehead atoms. The number of nitrogens with zero attached hydrogens (tertiary/aromatic N) is 1. The van der Waals surface area contributed by atoms with Crippen LogP contribution in [-0.2, 0) is 19.1 Å². The van der Waals surface area contributed by atoms with Crippen LogP contribution in [0.15, 0.2) is 24.3 Å². The fraction of sp³-hybridized carbons (Fsp3) is 0.609. The first-order chi connectivity index (χ1) is 15.5. The molecule has 1 aromatic carbocycles. The minimum atomic E-state index is -1.13. The van der Waals surface area contributed by atoms with Crippen LogP contribution in [0.3, 0.4) is 0 Å². The molecule has 1 amide bonds. The summed E-state index contributed by atoms with van der Waals surface area (Å²) in [6.45, 7) is 3.55. The highest BCUT2D eigenvalue weighted by Crippen LogP contribution is 2.31. The van der Waals surface area contributed by atoms with Crippen LogP contribution in [0.5, 0.6) is 5.75 Å². The molecule has 3 rings (SSSR count). The average molecular weight is 448 g/mol. The molecular formula is C23H33N3O6. The van der Waals surface area contributed by atoms with Gasteiger partial charge >= 0.3 is 11.9 Å². The Hall–Kier alpha value is -2.65. The Balaban J connectivity index is 1.70. The van der Waals surface area contributed by atoms with E-state index in [0.29, 0.717) is 23.8 Å². The van der Waals surface area contributed by atoms with Gasteiger partial charge in [0.2, 0.25) is 5.91 Å². The molecule has 0 spiro atoms. The summed E-state index contributed by atoms with van der Waals surface area (Å²) >= 11 is 0. The predicted octanol–water partition coefficient (Wildman–Crippen LogP) is 1.56. The number of carboxylic acids is 1. The maximum absolute atomic E-state index is 13.2. The highest BCUT2D eigenvalue weighted by atomic mass is 16.5. The molecular weight excluding hydrogens is 414 g/mol. The molecule has 2 heterocycles. The number of rotatable bonds is 10. The van der Waals surface area contributed by atoms with Crippen molar-refractivity contribution in [2.45, 2.75) is 51.1 Å². The van der Waals surface area contributed by atoms with Crippen molar-refractivity contribution in [3.63, 3.8) is 0 Å². The Labute approximate surface area is 188 Å². The van der Waals surface area contributed by atoms with Crippen LogP contribution in [0.1, 0.15) is 39.0 Å². The van der Waals surface area contributed by atoms with Gasteiger partial charge in [0, 0.05) is 0 Å². The number of hydrogen-bond donors (Lipinski definition) is 3. The van der Waals surface area contributed by atoms with Crippen LogP contribution >= 0.6 is 0 Å². The minimum Gasteiger partial charge on any atom is -0.489 e. The number of benzene rings is 1. The van der Waals surface area contributed by atoms with Crippen molar-refractivity contribution >= 4 is 23.5 Å². The number of anilines is 1. The molecule has 9 nitrogen and oxygen atoms in total. The van der Waals surface area contributed by atoms with Gasteiger partial charge in [0.15, 0.2) is 0 Å². The summed E-state index contributed by atoms with van der Waals surface area (Å²) in [6.07, 6.45) is 4.66. The first-order valence-corrected chi connectivity index (χ1v) is 11.4. The quantitative estimate of drug-likeness (QED) is 0.463. The highest BCUT2D eigenvalue weighted by molar-refractivity contribution is 6.02. The number of fused-ring (bicyclic) bond motifs is 1. The number of esters is 1. The van der Waals surface area contributed by atoms with E-state index < -0.39 is 36.5 Å². The van der Waals surface area contributed by atoms with Crippen LogP contribution in [0.4, 0.5) is 5.69 Å². The molecule has 176 valence electrons. The minimum absolute atomic E-state index is 0.00380. The zero-order valence-electron chi connectivity index (χ0n) is 18.5. The second-order valence-electron chi connectivity index (χ2n) is 8.25. The van der Waals surface area contributed by atoms with Crippen molar-refractivity contribution in [2.24, 2.45) is 5.92 Å². The number of ether oxygens (including phenoxy) is 2. The average Bonchev–Trinajstić information content (AvgIpc) is 2.91. The van der Waals surface area contributed by atoms with Gasteiger partial charge in [0.05, 0.1) is 12.3 Å². The standard InChI is InChI=1S/C23H33N3O6/c1-2-31-23(30)17(7-5-6-16-10-12-24-13-11-16)25-18-15-32-20-9-4-3-8-19(20)26(22(18)29)14-21(27)28/h3-4,8-9,16-18,24-25H,2,5-7,10-15H2,1H3,(H,27,28)/t17-,18?/m1/s1. The fourth-order valence-corrected chi connectivity index (χ4v) is 4.31. The lowest BCUT2D eigenvalue weighted by atomic mass is 9.91. The summed E-state index contributed by atoms with van der Waals surface area (Å²) in [4.78, 5) is 38.5. The number of amides is 1. The van der Waals surface area contributed by atoms with Gasteiger partial charge in [-0.1, -0.05) is 25.0 Å². The normalized spacial score (nSPS) is 20.1. The Morgan fingerprint density at radius 2 is 2.06 bits per heavy atom. The molecule has 0 aliphatic carbocycles. The Morgan fingerprint density at radius 1 is 1.31 bits per heavy atom. The van der Waals surface area contributed by atoms with Gasteiger partial charge in [-0.15, -0.1) is 0 Å². The predicted molar refractivity (Wildman–Crippen MR) is 119 cm³/mol. The number of piperidine rings is 1. The molecule has 0 radical (unpaired) electrons. The second kappa shape index (κ2) is 11.8. The Morgan fingerprint density at radius 3 is 2.78 bits per heavy atom. The molecule has 1 saturated heterocycles. The molecule has 0 saturated carbocycles. The van der Waals surface area contributed by atoms with Gasteiger partial charge in [-0.25, -0.2) is 0 Å². The van der Waals surface area contributed by atoms with Crippen LogP contribution in [0.2, 0.25) is 0 Å². The van der Waals surface area contributed by atoms with E-state index in [0.717, 1.165) is 38.8 Å². The molecule has 9 heteroatoms. The summed E-state index contributed by atoms with van der Waals surface area (Å²) in [6, 6.07) is 5.30. The Bertz CT molecular complexity index is 796. The SMILES string of the molecule is CCOC(=O)[C@@H](CCCC1CCNCC1)NC1COc2ccccc2N(CC(=O)O)C1=O. The first-order valence-electron chi connectivity index (χ1n) is 11.4. The van der Waals surface area contributed by atoms with Crippen LogP contribution in [-0.4, -0.2) is 67.9 Å². The zero-order valence-corrected chi connectivity index (χ0v) is 18.5. The molecule has 32 heavy (non-hydrogen) atoms. The molecule has 1 aromatic rings. The van der Waals surface area contributed by atoms with Crippen molar-refractivity contribution < 1.29 is 29.0 Å².